The molecule has 7 nitrogen and oxygen atoms in total. The Hall–Kier alpha value is -3.21. The zero-order valence-electron chi connectivity index (χ0n) is 15.4. The van der Waals surface area contributed by atoms with Gasteiger partial charge in [0.15, 0.2) is 23.0 Å². The van der Waals surface area contributed by atoms with E-state index in [4.69, 9.17) is 4.74 Å². The Morgan fingerprint density at radius 3 is 2.68 bits per heavy atom. The van der Waals surface area contributed by atoms with E-state index >= 15 is 4.39 Å². The van der Waals surface area contributed by atoms with Crippen LogP contribution in [-0.2, 0) is 0 Å². The van der Waals surface area contributed by atoms with Crippen molar-refractivity contribution in [1.82, 2.24) is 9.55 Å². The number of anilines is 1. The number of fused-ring (bicyclic) bond motifs is 2. The van der Waals surface area contributed by atoms with Crippen LogP contribution in [0.3, 0.4) is 0 Å². The summed E-state index contributed by atoms with van der Waals surface area (Å²) in [4.78, 5) is 18.0. The third-order valence-electron chi connectivity index (χ3n) is 5.74. The number of methoxy groups -OCH3 is 1. The molecule has 2 fully saturated rings. The summed E-state index contributed by atoms with van der Waals surface area (Å²) in [5.41, 5.74) is 0.679. The minimum atomic E-state index is -0.513. The van der Waals surface area contributed by atoms with E-state index in [1.54, 1.807) is 0 Å². The molecule has 1 aliphatic heterocycles. The number of nitrogens with zero attached hydrogens (tertiary/aromatic N) is 3. The second-order valence-corrected chi connectivity index (χ2v) is 7.44. The number of pyridine rings is 1. The van der Waals surface area contributed by atoms with Crippen molar-refractivity contribution in [1.29, 1.82) is 5.26 Å². The Balaban J connectivity index is 1.99. The van der Waals surface area contributed by atoms with Gasteiger partial charge >= 0.3 is 0 Å². The van der Waals surface area contributed by atoms with Gasteiger partial charge in [-0.05, 0) is 31.7 Å². The summed E-state index contributed by atoms with van der Waals surface area (Å²) in [6.07, 6.45) is 3.75. The highest BCUT2D eigenvalue weighted by Crippen LogP contribution is 2.46. The molecule has 1 aromatic carbocycles. The van der Waals surface area contributed by atoms with E-state index in [0.29, 0.717) is 22.6 Å². The monoisotopic (exact) mass is 382 g/mol. The van der Waals surface area contributed by atoms with Crippen molar-refractivity contribution < 1.29 is 14.2 Å². The van der Waals surface area contributed by atoms with Gasteiger partial charge in [0.25, 0.3) is 0 Å². The topological polar surface area (TPSA) is 94.3 Å². The normalized spacial score (nSPS) is 16.8. The third kappa shape index (κ3) is 2.16. The van der Waals surface area contributed by atoms with Crippen molar-refractivity contribution in [3.05, 3.63) is 27.8 Å². The molecule has 1 saturated carbocycles. The molecule has 8 heteroatoms. The van der Waals surface area contributed by atoms with Gasteiger partial charge in [-0.25, -0.2) is 4.39 Å². The lowest BCUT2D eigenvalue weighted by Gasteiger charge is -2.24. The molecular weight excluding hydrogens is 363 g/mol. The zero-order valence-corrected chi connectivity index (χ0v) is 15.4. The number of aromatic amines is 1. The van der Waals surface area contributed by atoms with Crippen LogP contribution < -0.4 is 15.1 Å². The lowest BCUT2D eigenvalue weighted by molar-refractivity contribution is 0.414. The number of H-pyrrole nitrogens is 1. The van der Waals surface area contributed by atoms with Gasteiger partial charge in [-0.1, -0.05) is 0 Å². The Kier molecular flexibility index (Phi) is 3.56. The smallest absolute Gasteiger partial charge is 0.202 e. The first-order valence-corrected chi connectivity index (χ1v) is 9.41. The van der Waals surface area contributed by atoms with Crippen LogP contribution >= 0.6 is 0 Å². The summed E-state index contributed by atoms with van der Waals surface area (Å²) < 4.78 is 22.7. The number of rotatable bonds is 3. The average molecular weight is 382 g/mol. The Morgan fingerprint density at radius 1 is 1.36 bits per heavy atom. The number of hydrogen-bond donors (Lipinski definition) is 2. The second kappa shape index (κ2) is 5.89. The van der Waals surface area contributed by atoms with Gasteiger partial charge in [-0.3, -0.25) is 4.79 Å². The van der Waals surface area contributed by atoms with Crippen molar-refractivity contribution in [2.75, 3.05) is 25.1 Å². The molecule has 3 aromatic rings. The number of benzene rings is 1. The third-order valence-corrected chi connectivity index (χ3v) is 5.74. The van der Waals surface area contributed by atoms with E-state index in [2.05, 4.69) is 4.98 Å². The highest BCUT2D eigenvalue weighted by Gasteiger charge is 2.33. The van der Waals surface area contributed by atoms with E-state index < -0.39 is 11.2 Å². The van der Waals surface area contributed by atoms with E-state index in [0.717, 1.165) is 38.8 Å². The van der Waals surface area contributed by atoms with Gasteiger partial charge < -0.3 is 24.3 Å². The van der Waals surface area contributed by atoms with Crippen LogP contribution in [0.25, 0.3) is 21.9 Å². The molecule has 144 valence electrons. The maximum Gasteiger partial charge on any atom is 0.202 e. The van der Waals surface area contributed by atoms with Crippen LogP contribution in [0.15, 0.2) is 10.9 Å². The molecule has 0 bridgehead atoms. The lowest BCUT2D eigenvalue weighted by atomic mass is 10.1. The number of hydrogen-bond acceptors (Lipinski definition) is 5. The van der Waals surface area contributed by atoms with Crippen molar-refractivity contribution in [3.63, 3.8) is 0 Å². The van der Waals surface area contributed by atoms with Crippen LogP contribution in [0.2, 0.25) is 0 Å². The molecule has 2 aliphatic rings. The number of nitriles is 1. The molecule has 0 atom stereocenters. The molecule has 1 saturated heterocycles. The summed E-state index contributed by atoms with van der Waals surface area (Å²) in [5.74, 6) is -0.572. The minimum absolute atomic E-state index is 0.0197. The van der Waals surface area contributed by atoms with Crippen molar-refractivity contribution in [2.24, 2.45) is 0 Å². The first-order valence-electron chi connectivity index (χ1n) is 9.41. The van der Waals surface area contributed by atoms with Crippen LogP contribution in [0, 0.1) is 17.1 Å². The molecule has 0 spiro atoms. The molecule has 5 rings (SSSR count). The molecular formula is C20H19FN4O3. The standard InChI is InChI=1S/C20H19FN4O3/c1-28-19-15-11(8-12(21)16(19)24-6-2-3-7-24)17(26)14-18(27)13(9-22)23-20(14)25(15)10-4-5-10/h8,10,23,27H,2-7H2,1H3. The fourth-order valence-electron chi connectivity index (χ4n) is 4.35. The van der Waals surface area contributed by atoms with Crippen molar-refractivity contribution >= 4 is 27.6 Å². The molecule has 0 unspecified atom stereocenters. The van der Waals surface area contributed by atoms with E-state index in [1.165, 1.54) is 13.2 Å². The number of nitrogens with one attached hydrogen (secondary N) is 1. The Labute approximate surface area is 159 Å². The summed E-state index contributed by atoms with van der Waals surface area (Å²) in [6, 6.07) is 3.22. The van der Waals surface area contributed by atoms with Gasteiger partial charge in [0, 0.05) is 19.1 Å². The molecule has 2 aromatic heterocycles. The summed E-state index contributed by atoms with van der Waals surface area (Å²) >= 11 is 0. The number of aromatic hydroxyl groups is 1. The quantitative estimate of drug-likeness (QED) is 0.726. The molecule has 28 heavy (non-hydrogen) atoms. The van der Waals surface area contributed by atoms with Gasteiger partial charge in [0.05, 0.1) is 18.0 Å². The van der Waals surface area contributed by atoms with Gasteiger partial charge in [-0.15, -0.1) is 0 Å². The molecule has 0 radical (unpaired) electrons. The van der Waals surface area contributed by atoms with Crippen LogP contribution in [-0.4, -0.2) is 34.9 Å². The number of halogens is 1. The summed E-state index contributed by atoms with van der Waals surface area (Å²) in [7, 11) is 1.48. The molecule has 1 aliphatic carbocycles. The lowest BCUT2D eigenvalue weighted by Crippen LogP contribution is -2.21. The second-order valence-electron chi connectivity index (χ2n) is 7.44. The van der Waals surface area contributed by atoms with E-state index in [1.807, 2.05) is 15.5 Å². The zero-order chi connectivity index (χ0) is 19.6. The molecule has 0 amide bonds. The number of aromatic nitrogens is 2. The first kappa shape index (κ1) is 16.9. The van der Waals surface area contributed by atoms with Crippen molar-refractivity contribution in [3.8, 4) is 17.6 Å². The number of ether oxygens (including phenoxy) is 1. The predicted octanol–water partition coefficient (Wildman–Crippen LogP) is 3.14. The highest BCUT2D eigenvalue weighted by atomic mass is 19.1. The summed E-state index contributed by atoms with van der Waals surface area (Å²) in [5, 5.41) is 19.8. The van der Waals surface area contributed by atoms with E-state index in [9.17, 15) is 15.2 Å². The van der Waals surface area contributed by atoms with Gasteiger partial charge in [0.1, 0.15) is 22.8 Å². The fraction of sp³-hybridized carbons (Fsp3) is 0.400. The Morgan fingerprint density at radius 2 is 2.07 bits per heavy atom. The molecule has 3 heterocycles. The predicted molar refractivity (Wildman–Crippen MR) is 103 cm³/mol. The SMILES string of the molecule is COc1c(N2CCCC2)c(F)cc2c(=O)c3c(O)c(C#N)[nH]c3n(C3CC3)c12. The largest absolute Gasteiger partial charge is 0.504 e. The van der Waals surface area contributed by atoms with Gasteiger partial charge in [0.2, 0.25) is 5.43 Å². The van der Waals surface area contributed by atoms with Gasteiger partial charge in [-0.2, -0.15) is 5.26 Å². The minimum Gasteiger partial charge on any atom is -0.504 e. The maximum atomic E-state index is 15.1. The van der Waals surface area contributed by atoms with Crippen LogP contribution in [0.4, 0.5) is 10.1 Å². The van der Waals surface area contributed by atoms with Crippen LogP contribution in [0.1, 0.15) is 37.4 Å². The average Bonchev–Trinajstić information content (AvgIpc) is 3.26. The van der Waals surface area contributed by atoms with E-state index in [-0.39, 0.29) is 28.3 Å². The highest BCUT2D eigenvalue weighted by molar-refractivity contribution is 6.01. The summed E-state index contributed by atoms with van der Waals surface area (Å²) in [6.45, 7) is 1.47. The van der Waals surface area contributed by atoms with Crippen LogP contribution in [0.5, 0.6) is 11.5 Å². The Bertz CT molecular complexity index is 1230. The fourth-order valence-corrected chi connectivity index (χ4v) is 4.35. The first-order chi connectivity index (χ1) is 13.6. The van der Waals surface area contributed by atoms with Crippen molar-refractivity contribution in [2.45, 2.75) is 31.7 Å². The molecule has 2 N–H and O–H groups in total. The maximum absolute atomic E-state index is 15.1.